The van der Waals surface area contributed by atoms with Crippen LogP contribution in [-0.2, 0) is 0 Å². The van der Waals surface area contributed by atoms with E-state index >= 15 is 0 Å². The molecule has 0 bridgehead atoms. The van der Waals surface area contributed by atoms with E-state index in [1.54, 1.807) is 18.2 Å². The van der Waals surface area contributed by atoms with Crippen LogP contribution in [0.4, 0.5) is 0 Å². The van der Waals surface area contributed by atoms with Crippen LogP contribution >= 0.6 is 11.3 Å². The smallest absolute Gasteiger partial charge is 0.183 e. The van der Waals surface area contributed by atoms with Gasteiger partial charge in [-0.05, 0) is 25.1 Å². The minimum Gasteiger partial charge on any atom is -0.507 e. The zero-order chi connectivity index (χ0) is 11.1. The Morgan fingerprint density at radius 1 is 1.31 bits per heavy atom. The molecule has 2 aromatic heterocycles. The highest BCUT2D eigenvalue weighted by atomic mass is 32.1. The van der Waals surface area contributed by atoms with Crippen LogP contribution in [0.2, 0.25) is 0 Å². The monoisotopic (exact) mass is 232 g/mol. The molecule has 0 aliphatic heterocycles. The van der Waals surface area contributed by atoms with Gasteiger partial charge in [-0.1, -0.05) is 17.4 Å². The Bertz CT molecular complexity index is 657. The summed E-state index contributed by atoms with van der Waals surface area (Å²) in [4.78, 5) is 0. The van der Waals surface area contributed by atoms with E-state index in [0.717, 1.165) is 10.0 Å². The summed E-state index contributed by atoms with van der Waals surface area (Å²) < 4.78 is 5.60. The van der Waals surface area contributed by atoms with Gasteiger partial charge in [-0.25, -0.2) is 0 Å². The number of aromatic nitrogens is 2. The normalized spacial score (nSPS) is 11.1. The van der Waals surface area contributed by atoms with E-state index in [4.69, 9.17) is 4.42 Å². The molecule has 0 saturated heterocycles. The molecule has 0 saturated carbocycles. The summed E-state index contributed by atoms with van der Waals surface area (Å²) in [6.07, 6.45) is 0. The van der Waals surface area contributed by atoms with Gasteiger partial charge in [-0.2, -0.15) is 0 Å². The third-order valence-electron chi connectivity index (χ3n) is 2.28. The Hall–Kier alpha value is -1.88. The first-order valence-electron chi connectivity index (χ1n) is 4.76. The SMILES string of the molecule is Cc1nnc(-c2cc3c(O)cccc3o2)s1. The van der Waals surface area contributed by atoms with Gasteiger partial charge in [-0.15, -0.1) is 10.2 Å². The van der Waals surface area contributed by atoms with Gasteiger partial charge in [0, 0.05) is 0 Å². The molecular weight excluding hydrogens is 224 g/mol. The molecule has 0 amide bonds. The number of hydrogen-bond donors (Lipinski definition) is 1. The zero-order valence-corrected chi connectivity index (χ0v) is 9.28. The lowest BCUT2D eigenvalue weighted by molar-refractivity contribution is 0.481. The van der Waals surface area contributed by atoms with E-state index in [9.17, 15) is 5.11 Å². The molecular formula is C11H8N2O2S. The molecule has 0 aliphatic carbocycles. The molecule has 0 atom stereocenters. The maximum absolute atomic E-state index is 9.64. The quantitative estimate of drug-likeness (QED) is 0.700. The van der Waals surface area contributed by atoms with Gasteiger partial charge >= 0.3 is 0 Å². The fourth-order valence-corrected chi connectivity index (χ4v) is 2.19. The molecule has 80 valence electrons. The van der Waals surface area contributed by atoms with Crippen LogP contribution in [0.15, 0.2) is 28.7 Å². The molecule has 16 heavy (non-hydrogen) atoms. The van der Waals surface area contributed by atoms with Crippen molar-refractivity contribution in [3.8, 4) is 16.5 Å². The van der Waals surface area contributed by atoms with Gasteiger partial charge in [0.15, 0.2) is 10.8 Å². The molecule has 1 aromatic carbocycles. The summed E-state index contributed by atoms with van der Waals surface area (Å²) in [7, 11) is 0. The van der Waals surface area contributed by atoms with E-state index < -0.39 is 0 Å². The zero-order valence-electron chi connectivity index (χ0n) is 8.47. The van der Waals surface area contributed by atoms with Crippen LogP contribution in [0.3, 0.4) is 0 Å². The van der Waals surface area contributed by atoms with Crippen molar-refractivity contribution in [1.29, 1.82) is 0 Å². The summed E-state index contributed by atoms with van der Waals surface area (Å²) in [6.45, 7) is 1.89. The van der Waals surface area contributed by atoms with Gasteiger partial charge < -0.3 is 9.52 Å². The fourth-order valence-electron chi connectivity index (χ4n) is 1.55. The number of phenols is 1. The number of nitrogens with zero attached hydrogens (tertiary/aromatic N) is 2. The maximum Gasteiger partial charge on any atom is 0.183 e. The van der Waals surface area contributed by atoms with Crippen molar-refractivity contribution in [2.45, 2.75) is 6.92 Å². The fraction of sp³-hybridized carbons (Fsp3) is 0.0909. The van der Waals surface area contributed by atoms with Crippen LogP contribution in [0.25, 0.3) is 21.7 Å². The van der Waals surface area contributed by atoms with Gasteiger partial charge in [0.1, 0.15) is 16.3 Å². The Morgan fingerprint density at radius 3 is 2.88 bits per heavy atom. The van der Waals surface area contributed by atoms with E-state index in [2.05, 4.69) is 10.2 Å². The maximum atomic E-state index is 9.64. The number of benzene rings is 1. The Kier molecular flexibility index (Phi) is 1.94. The van der Waals surface area contributed by atoms with E-state index in [1.165, 1.54) is 11.3 Å². The van der Waals surface area contributed by atoms with Crippen molar-refractivity contribution in [2.24, 2.45) is 0 Å². The first kappa shape index (κ1) is 9.35. The molecule has 4 nitrogen and oxygen atoms in total. The summed E-state index contributed by atoms with van der Waals surface area (Å²) in [5.41, 5.74) is 0.655. The van der Waals surface area contributed by atoms with Gasteiger partial charge in [0.2, 0.25) is 0 Å². The van der Waals surface area contributed by atoms with E-state index in [-0.39, 0.29) is 5.75 Å². The molecule has 0 unspecified atom stereocenters. The lowest BCUT2D eigenvalue weighted by Crippen LogP contribution is -1.71. The largest absolute Gasteiger partial charge is 0.507 e. The predicted molar refractivity (Wildman–Crippen MR) is 61.5 cm³/mol. The average Bonchev–Trinajstić information content (AvgIpc) is 2.84. The molecule has 3 aromatic rings. The lowest BCUT2D eigenvalue weighted by Gasteiger charge is -1.89. The molecule has 0 fully saturated rings. The van der Waals surface area contributed by atoms with Crippen molar-refractivity contribution in [3.05, 3.63) is 29.3 Å². The Balaban J connectivity index is 2.22. The summed E-state index contributed by atoms with van der Waals surface area (Å²) in [5.74, 6) is 0.857. The predicted octanol–water partition coefficient (Wildman–Crippen LogP) is 2.97. The molecule has 2 heterocycles. The summed E-state index contributed by atoms with van der Waals surface area (Å²) in [5, 5.41) is 19.9. The van der Waals surface area contributed by atoms with Gasteiger partial charge in [0.25, 0.3) is 0 Å². The topological polar surface area (TPSA) is 59.2 Å². The third-order valence-corrected chi connectivity index (χ3v) is 3.13. The number of hydrogen-bond acceptors (Lipinski definition) is 5. The first-order valence-corrected chi connectivity index (χ1v) is 5.58. The molecule has 0 spiro atoms. The highest BCUT2D eigenvalue weighted by Gasteiger charge is 2.12. The first-order chi connectivity index (χ1) is 7.74. The van der Waals surface area contributed by atoms with Crippen molar-refractivity contribution in [2.75, 3.05) is 0 Å². The standard InChI is InChI=1S/C11H8N2O2S/c1-6-12-13-11(16-6)10-5-7-8(14)3-2-4-9(7)15-10/h2-5,14H,1H3. The van der Waals surface area contributed by atoms with Gasteiger partial charge in [0.05, 0.1) is 5.39 Å². The van der Waals surface area contributed by atoms with Gasteiger partial charge in [-0.3, -0.25) is 0 Å². The van der Waals surface area contributed by atoms with Crippen LogP contribution in [0.1, 0.15) is 5.01 Å². The Labute approximate surface area is 95.2 Å². The second kappa shape index (κ2) is 3.31. The number of phenolic OH excluding ortho intramolecular Hbond substituents is 1. The molecule has 3 rings (SSSR count). The highest BCUT2D eigenvalue weighted by molar-refractivity contribution is 7.14. The van der Waals surface area contributed by atoms with E-state index in [1.807, 2.05) is 13.0 Å². The number of aryl methyl sites for hydroxylation is 1. The van der Waals surface area contributed by atoms with Crippen LogP contribution in [0.5, 0.6) is 5.75 Å². The molecule has 0 aliphatic rings. The van der Waals surface area contributed by atoms with Crippen LogP contribution < -0.4 is 0 Å². The molecule has 5 heteroatoms. The number of fused-ring (bicyclic) bond motifs is 1. The lowest BCUT2D eigenvalue weighted by atomic mass is 10.2. The minimum absolute atomic E-state index is 0.216. The minimum atomic E-state index is 0.216. The van der Waals surface area contributed by atoms with Crippen molar-refractivity contribution in [1.82, 2.24) is 10.2 Å². The van der Waals surface area contributed by atoms with Crippen LogP contribution in [0, 0.1) is 6.92 Å². The summed E-state index contributed by atoms with van der Waals surface area (Å²) >= 11 is 1.46. The Morgan fingerprint density at radius 2 is 2.19 bits per heavy atom. The van der Waals surface area contributed by atoms with Crippen molar-refractivity contribution < 1.29 is 9.52 Å². The van der Waals surface area contributed by atoms with Crippen molar-refractivity contribution >= 4 is 22.3 Å². The third kappa shape index (κ3) is 1.37. The second-order valence-electron chi connectivity index (χ2n) is 3.43. The van der Waals surface area contributed by atoms with Crippen molar-refractivity contribution in [3.63, 3.8) is 0 Å². The second-order valence-corrected chi connectivity index (χ2v) is 4.61. The summed E-state index contributed by atoms with van der Waals surface area (Å²) in [6, 6.07) is 6.97. The number of furan rings is 1. The molecule has 1 N–H and O–H groups in total. The highest BCUT2D eigenvalue weighted by Crippen LogP contribution is 2.33. The number of rotatable bonds is 1. The van der Waals surface area contributed by atoms with E-state index in [0.29, 0.717) is 16.7 Å². The molecule has 0 radical (unpaired) electrons. The number of aromatic hydroxyl groups is 1. The van der Waals surface area contributed by atoms with Crippen LogP contribution in [-0.4, -0.2) is 15.3 Å². The average molecular weight is 232 g/mol.